The highest BCUT2D eigenvalue weighted by molar-refractivity contribution is 7.89. The van der Waals surface area contributed by atoms with Gasteiger partial charge in [0.1, 0.15) is 0 Å². The summed E-state index contributed by atoms with van der Waals surface area (Å²) in [6.45, 7) is 0.236. The molecule has 2 aromatic rings. The van der Waals surface area contributed by atoms with Gasteiger partial charge < -0.3 is 0 Å². The van der Waals surface area contributed by atoms with Gasteiger partial charge >= 0.3 is 0 Å². The molecule has 2 rings (SSSR count). The zero-order valence-electron chi connectivity index (χ0n) is 11.4. The fraction of sp³-hybridized carbons (Fsp3) is 0.133. The Morgan fingerprint density at radius 2 is 1.73 bits per heavy atom. The van der Waals surface area contributed by atoms with Gasteiger partial charge in [0.25, 0.3) is 0 Å². The van der Waals surface area contributed by atoms with E-state index in [2.05, 4.69) is 4.72 Å². The lowest BCUT2D eigenvalue weighted by molar-refractivity contribution is 0.581. The second-order valence-electron chi connectivity index (χ2n) is 4.53. The summed E-state index contributed by atoms with van der Waals surface area (Å²) >= 11 is 11.7. The van der Waals surface area contributed by atoms with Crippen LogP contribution in [0.5, 0.6) is 0 Å². The lowest BCUT2D eigenvalue weighted by atomic mass is 10.1. The minimum atomic E-state index is -3.59. The zero-order valence-corrected chi connectivity index (χ0v) is 13.7. The lowest BCUT2D eigenvalue weighted by Gasteiger charge is -2.07. The number of nitrogens with one attached hydrogen (secondary N) is 1. The Morgan fingerprint density at radius 3 is 2.32 bits per heavy atom. The summed E-state index contributed by atoms with van der Waals surface area (Å²) in [6, 6.07) is 12.9. The van der Waals surface area contributed by atoms with Crippen LogP contribution >= 0.6 is 23.2 Å². The first-order valence-electron chi connectivity index (χ1n) is 6.36. The van der Waals surface area contributed by atoms with E-state index >= 15 is 0 Å². The van der Waals surface area contributed by atoms with Crippen LogP contribution in [0.4, 0.5) is 0 Å². The van der Waals surface area contributed by atoms with Gasteiger partial charge in [0, 0.05) is 6.54 Å². The molecule has 0 aliphatic heterocycles. The van der Waals surface area contributed by atoms with Crippen LogP contribution in [0, 0.1) is 11.3 Å². The molecule has 1 N–H and O–H groups in total. The van der Waals surface area contributed by atoms with Crippen molar-refractivity contribution in [3.63, 3.8) is 0 Å². The zero-order chi connectivity index (χ0) is 16.2. The van der Waals surface area contributed by atoms with Gasteiger partial charge in [-0.25, -0.2) is 13.1 Å². The molecule has 0 radical (unpaired) electrons. The van der Waals surface area contributed by atoms with Crippen molar-refractivity contribution in [2.24, 2.45) is 0 Å². The molecule has 0 amide bonds. The minimum Gasteiger partial charge on any atom is -0.211 e. The molecule has 0 saturated heterocycles. The number of hydrogen-bond acceptors (Lipinski definition) is 3. The predicted molar refractivity (Wildman–Crippen MR) is 86.5 cm³/mol. The minimum absolute atomic E-state index is 0.126. The van der Waals surface area contributed by atoms with E-state index in [1.54, 1.807) is 18.2 Å². The van der Waals surface area contributed by atoms with E-state index < -0.39 is 10.0 Å². The Bertz CT molecular complexity index is 812. The molecule has 0 aliphatic carbocycles. The van der Waals surface area contributed by atoms with Gasteiger partial charge in [0.15, 0.2) is 0 Å². The summed E-state index contributed by atoms with van der Waals surface area (Å²) in [5, 5.41) is 9.61. The third kappa shape index (κ3) is 4.21. The molecule has 22 heavy (non-hydrogen) atoms. The second-order valence-corrected chi connectivity index (χ2v) is 7.11. The van der Waals surface area contributed by atoms with Gasteiger partial charge in [-0.15, -0.1) is 0 Å². The van der Waals surface area contributed by atoms with Crippen molar-refractivity contribution in [3.8, 4) is 6.07 Å². The summed E-state index contributed by atoms with van der Waals surface area (Å²) in [5.41, 5.74) is 1.30. The second kappa shape index (κ2) is 7.12. The van der Waals surface area contributed by atoms with Crippen LogP contribution in [-0.4, -0.2) is 15.0 Å². The number of nitrogens with zero attached hydrogens (tertiary/aromatic N) is 1. The Morgan fingerprint density at radius 1 is 1.05 bits per heavy atom. The highest BCUT2D eigenvalue weighted by Crippen LogP contribution is 2.22. The van der Waals surface area contributed by atoms with Crippen LogP contribution in [0.25, 0.3) is 0 Å². The molecule has 0 saturated carbocycles. The Balaban J connectivity index is 2.00. The summed E-state index contributed by atoms with van der Waals surface area (Å²) in [7, 11) is -3.59. The molecule has 7 heteroatoms. The maximum Gasteiger partial charge on any atom is 0.240 e. The molecule has 2 aromatic carbocycles. The fourth-order valence-electron chi connectivity index (χ4n) is 1.82. The highest BCUT2D eigenvalue weighted by atomic mass is 35.5. The number of rotatable bonds is 5. The fourth-order valence-corrected chi connectivity index (χ4v) is 3.17. The van der Waals surface area contributed by atoms with Crippen LogP contribution in [0.3, 0.4) is 0 Å². The third-order valence-corrected chi connectivity index (χ3v) is 5.20. The third-order valence-electron chi connectivity index (χ3n) is 2.98. The Kier molecular flexibility index (Phi) is 5.43. The average molecular weight is 355 g/mol. The van der Waals surface area contributed by atoms with E-state index in [0.717, 1.165) is 5.56 Å². The summed E-state index contributed by atoms with van der Waals surface area (Å²) in [5.74, 6) is 0. The predicted octanol–water partition coefficient (Wildman–Crippen LogP) is 3.39. The molecule has 4 nitrogen and oxygen atoms in total. The summed E-state index contributed by atoms with van der Waals surface area (Å²) in [6.07, 6.45) is 0.492. The smallest absolute Gasteiger partial charge is 0.211 e. The summed E-state index contributed by atoms with van der Waals surface area (Å²) in [4.78, 5) is 0.126. The van der Waals surface area contributed by atoms with E-state index in [1.165, 1.54) is 24.3 Å². The SMILES string of the molecule is N#Cc1ccc(S(=O)(=O)NCCc2ccc(Cl)c(Cl)c2)cc1. The largest absolute Gasteiger partial charge is 0.240 e. The van der Waals surface area contributed by atoms with Gasteiger partial charge in [-0.05, 0) is 48.4 Å². The van der Waals surface area contributed by atoms with Crippen molar-refractivity contribution >= 4 is 33.2 Å². The molecule has 0 heterocycles. The van der Waals surface area contributed by atoms with E-state index in [4.69, 9.17) is 28.5 Å². The Hall–Kier alpha value is -1.58. The topological polar surface area (TPSA) is 70.0 Å². The molecule has 0 fully saturated rings. The molecule has 0 atom stereocenters. The number of sulfonamides is 1. The van der Waals surface area contributed by atoms with E-state index in [1.807, 2.05) is 6.07 Å². The van der Waals surface area contributed by atoms with Crippen molar-refractivity contribution in [3.05, 3.63) is 63.6 Å². The average Bonchev–Trinajstić information content (AvgIpc) is 2.51. The molecule has 0 aromatic heterocycles. The van der Waals surface area contributed by atoms with Crippen molar-refractivity contribution in [2.75, 3.05) is 6.54 Å². The monoisotopic (exact) mass is 354 g/mol. The van der Waals surface area contributed by atoms with Gasteiger partial charge in [0.05, 0.1) is 26.6 Å². The number of nitriles is 1. The van der Waals surface area contributed by atoms with Crippen LogP contribution in [0.1, 0.15) is 11.1 Å². The maximum atomic E-state index is 12.1. The molecule has 114 valence electrons. The van der Waals surface area contributed by atoms with Gasteiger partial charge in [-0.3, -0.25) is 0 Å². The van der Waals surface area contributed by atoms with Crippen molar-refractivity contribution in [1.82, 2.24) is 4.72 Å². The first kappa shape index (κ1) is 16.8. The number of benzene rings is 2. The number of hydrogen-bond donors (Lipinski definition) is 1. The van der Waals surface area contributed by atoms with Gasteiger partial charge in [0.2, 0.25) is 10.0 Å². The summed E-state index contributed by atoms with van der Waals surface area (Å²) < 4.78 is 26.7. The van der Waals surface area contributed by atoms with Gasteiger partial charge in [-0.1, -0.05) is 29.3 Å². The van der Waals surface area contributed by atoms with Crippen LogP contribution in [-0.2, 0) is 16.4 Å². The Labute approximate surface area is 139 Å². The molecular formula is C15H12Cl2N2O2S. The van der Waals surface area contributed by atoms with E-state index in [-0.39, 0.29) is 11.4 Å². The molecule has 0 aliphatic rings. The standard InChI is InChI=1S/C15H12Cl2N2O2S/c16-14-6-3-11(9-15(14)17)7-8-19-22(20,21)13-4-1-12(10-18)2-5-13/h1-6,9,19H,7-8H2. The van der Waals surface area contributed by atoms with Crippen molar-refractivity contribution in [2.45, 2.75) is 11.3 Å². The first-order valence-corrected chi connectivity index (χ1v) is 8.60. The number of halogens is 2. The highest BCUT2D eigenvalue weighted by Gasteiger charge is 2.13. The first-order chi connectivity index (χ1) is 10.4. The molecule has 0 unspecified atom stereocenters. The van der Waals surface area contributed by atoms with Crippen LogP contribution in [0.15, 0.2) is 47.4 Å². The maximum absolute atomic E-state index is 12.1. The van der Waals surface area contributed by atoms with Crippen LogP contribution in [0.2, 0.25) is 10.0 Å². The normalized spacial score (nSPS) is 11.1. The lowest BCUT2D eigenvalue weighted by Crippen LogP contribution is -2.26. The van der Waals surface area contributed by atoms with Crippen molar-refractivity contribution in [1.29, 1.82) is 5.26 Å². The van der Waals surface area contributed by atoms with Gasteiger partial charge in [-0.2, -0.15) is 5.26 Å². The molecular weight excluding hydrogens is 343 g/mol. The molecule has 0 bridgehead atoms. The van der Waals surface area contributed by atoms with E-state index in [9.17, 15) is 8.42 Å². The molecule has 0 spiro atoms. The van der Waals surface area contributed by atoms with Crippen LogP contribution < -0.4 is 4.72 Å². The van der Waals surface area contributed by atoms with Crippen molar-refractivity contribution < 1.29 is 8.42 Å². The quantitative estimate of drug-likeness (QED) is 0.894. The van der Waals surface area contributed by atoms with E-state index in [0.29, 0.717) is 22.0 Å².